The highest BCUT2D eigenvalue weighted by Crippen LogP contribution is 2.44. The minimum atomic E-state index is -1.26. The first kappa shape index (κ1) is 22.8. The number of fused-ring (bicyclic) bond motifs is 1. The fourth-order valence-electron chi connectivity index (χ4n) is 5.53. The molecule has 0 saturated carbocycles. The van der Waals surface area contributed by atoms with Crippen LogP contribution < -0.4 is 16.6 Å². The summed E-state index contributed by atoms with van der Waals surface area (Å²) in [4.78, 5) is 55.7. The minimum absolute atomic E-state index is 0.0647. The van der Waals surface area contributed by atoms with E-state index in [2.05, 4.69) is 10.3 Å². The van der Waals surface area contributed by atoms with E-state index in [0.29, 0.717) is 45.2 Å². The van der Waals surface area contributed by atoms with E-state index in [1.807, 2.05) is 0 Å². The third-order valence-electron chi connectivity index (χ3n) is 7.74. The number of carbonyl (C=O) groups is 2. The SMILES string of the molecule is Cn1c(=O)c2c(ncn2[C@H]2CC3(CCN(C(=O)[C@@H]4CCC(=O)N4)CC3)OC[C@]2(C)O)n(C)c1=O. The number of hydrogen-bond acceptors (Lipinski definition) is 7. The average molecular weight is 475 g/mol. The van der Waals surface area contributed by atoms with Crippen LogP contribution in [0.4, 0.5) is 0 Å². The second-order valence-electron chi connectivity index (χ2n) is 10.1. The summed E-state index contributed by atoms with van der Waals surface area (Å²) in [6, 6.07) is -0.963. The van der Waals surface area contributed by atoms with Crippen LogP contribution in [-0.2, 0) is 28.4 Å². The van der Waals surface area contributed by atoms with Gasteiger partial charge in [-0.15, -0.1) is 0 Å². The van der Waals surface area contributed by atoms with Crippen molar-refractivity contribution in [3.05, 3.63) is 27.2 Å². The minimum Gasteiger partial charge on any atom is -0.386 e. The lowest BCUT2D eigenvalue weighted by Gasteiger charge is -2.51. The zero-order valence-electron chi connectivity index (χ0n) is 19.6. The van der Waals surface area contributed by atoms with Crippen LogP contribution in [0.5, 0.6) is 0 Å². The summed E-state index contributed by atoms with van der Waals surface area (Å²) >= 11 is 0. The Balaban J connectivity index is 1.41. The fraction of sp³-hybridized carbons (Fsp3) is 0.682. The monoisotopic (exact) mass is 474 g/mol. The number of aryl methyl sites for hydroxylation is 1. The van der Waals surface area contributed by atoms with Crippen LogP contribution in [0.25, 0.3) is 11.2 Å². The van der Waals surface area contributed by atoms with Crippen LogP contribution in [0.1, 0.15) is 45.1 Å². The number of nitrogens with one attached hydrogen (secondary N) is 1. The van der Waals surface area contributed by atoms with Gasteiger partial charge in [0.25, 0.3) is 5.56 Å². The maximum atomic E-state index is 13.0. The Bertz CT molecular complexity index is 1280. The number of hydrogen-bond donors (Lipinski definition) is 2. The zero-order valence-corrected chi connectivity index (χ0v) is 19.6. The van der Waals surface area contributed by atoms with Gasteiger partial charge in [-0.25, -0.2) is 9.78 Å². The van der Waals surface area contributed by atoms with E-state index in [0.717, 1.165) is 4.57 Å². The van der Waals surface area contributed by atoms with Gasteiger partial charge in [0.15, 0.2) is 11.2 Å². The predicted molar refractivity (Wildman–Crippen MR) is 120 cm³/mol. The maximum Gasteiger partial charge on any atom is 0.332 e. The van der Waals surface area contributed by atoms with Gasteiger partial charge in [0.2, 0.25) is 11.8 Å². The molecule has 3 atom stereocenters. The number of aromatic nitrogens is 4. The summed E-state index contributed by atoms with van der Waals surface area (Å²) in [7, 11) is 2.98. The second kappa shape index (κ2) is 7.77. The molecule has 2 amide bonds. The van der Waals surface area contributed by atoms with E-state index in [4.69, 9.17) is 4.74 Å². The van der Waals surface area contributed by atoms with Crippen LogP contribution >= 0.6 is 0 Å². The Morgan fingerprint density at radius 1 is 1.21 bits per heavy atom. The number of ether oxygens (including phenoxy) is 1. The lowest BCUT2D eigenvalue weighted by Crippen LogP contribution is -2.58. The fourth-order valence-corrected chi connectivity index (χ4v) is 5.53. The first-order valence-corrected chi connectivity index (χ1v) is 11.6. The number of carbonyl (C=O) groups excluding carboxylic acids is 2. The third kappa shape index (κ3) is 3.47. The lowest BCUT2D eigenvalue weighted by molar-refractivity contribution is -0.201. The smallest absolute Gasteiger partial charge is 0.332 e. The Morgan fingerprint density at radius 3 is 2.56 bits per heavy atom. The molecule has 3 fully saturated rings. The molecular formula is C22H30N6O6. The molecule has 1 spiro atoms. The molecule has 3 aliphatic rings. The van der Waals surface area contributed by atoms with Crippen molar-refractivity contribution < 1.29 is 19.4 Å². The van der Waals surface area contributed by atoms with Gasteiger partial charge >= 0.3 is 5.69 Å². The first-order valence-electron chi connectivity index (χ1n) is 11.6. The summed E-state index contributed by atoms with van der Waals surface area (Å²) in [5.74, 6) is -0.159. The average Bonchev–Trinajstić information content (AvgIpc) is 3.45. The molecule has 0 aliphatic carbocycles. The molecule has 12 nitrogen and oxygen atoms in total. The van der Waals surface area contributed by atoms with Crippen LogP contribution in [0.2, 0.25) is 0 Å². The largest absolute Gasteiger partial charge is 0.386 e. The van der Waals surface area contributed by atoms with E-state index in [1.54, 1.807) is 23.4 Å². The zero-order chi connectivity index (χ0) is 24.4. The van der Waals surface area contributed by atoms with Gasteiger partial charge in [0.05, 0.1) is 24.6 Å². The van der Waals surface area contributed by atoms with Gasteiger partial charge < -0.3 is 24.6 Å². The summed E-state index contributed by atoms with van der Waals surface area (Å²) in [6.07, 6.45) is 3.98. The molecule has 2 N–H and O–H groups in total. The molecule has 0 radical (unpaired) electrons. The van der Waals surface area contributed by atoms with E-state index in [9.17, 15) is 24.3 Å². The van der Waals surface area contributed by atoms with Gasteiger partial charge in [-0.3, -0.25) is 23.5 Å². The molecule has 3 aliphatic heterocycles. The Labute approximate surface area is 195 Å². The summed E-state index contributed by atoms with van der Waals surface area (Å²) in [6.45, 7) is 2.71. The van der Waals surface area contributed by atoms with E-state index in [-0.39, 0.29) is 29.6 Å². The molecule has 12 heteroatoms. The number of amides is 2. The summed E-state index contributed by atoms with van der Waals surface area (Å²) in [5.41, 5.74) is -2.23. The Kier molecular flexibility index (Phi) is 5.21. The van der Waals surface area contributed by atoms with Crippen molar-refractivity contribution in [3.8, 4) is 0 Å². The summed E-state index contributed by atoms with van der Waals surface area (Å²) in [5, 5.41) is 13.9. The number of rotatable bonds is 2. The number of nitrogens with zero attached hydrogens (tertiary/aromatic N) is 5. The lowest BCUT2D eigenvalue weighted by atomic mass is 9.77. The van der Waals surface area contributed by atoms with E-state index < -0.39 is 34.5 Å². The van der Waals surface area contributed by atoms with Crippen molar-refractivity contribution in [2.75, 3.05) is 19.7 Å². The van der Waals surface area contributed by atoms with Gasteiger partial charge in [-0.05, 0) is 26.2 Å². The highest BCUT2D eigenvalue weighted by molar-refractivity contribution is 5.90. The highest BCUT2D eigenvalue weighted by atomic mass is 16.5. The van der Waals surface area contributed by atoms with Gasteiger partial charge in [-0.1, -0.05) is 0 Å². The summed E-state index contributed by atoms with van der Waals surface area (Å²) < 4.78 is 10.2. The number of aliphatic hydroxyl groups is 1. The topological polar surface area (TPSA) is 141 Å². The Hall–Kier alpha value is -2.99. The predicted octanol–water partition coefficient (Wildman–Crippen LogP) is -1.21. The molecule has 5 rings (SSSR count). The molecule has 34 heavy (non-hydrogen) atoms. The molecule has 0 bridgehead atoms. The molecule has 3 saturated heterocycles. The van der Waals surface area contributed by atoms with E-state index in [1.165, 1.54) is 17.9 Å². The van der Waals surface area contributed by atoms with Crippen molar-refractivity contribution in [1.29, 1.82) is 0 Å². The van der Waals surface area contributed by atoms with Crippen molar-refractivity contribution in [1.82, 2.24) is 28.9 Å². The van der Waals surface area contributed by atoms with Gasteiger partial charge in [0.1, 0.15) is 11.6 Å². The molecule has 184 valence electrons. The molecular weight excluding hydrogens is 444 g/mol. The second-order valence-corrected chi connectivity index (χ2v) is 10.1. The Morgan fingerprint density at radius 2 is 1.91 bits per heavy atom. The third-order valence-corrected chi connectivity index (χ3v) is 7.74. The molecule has 2 aromatic rings. The number of piperidine rings is 1. The normalized spacial score (nSPS) is 29.1. The molecule has 0 aromatic carbocycles. The van der Waals surface area contributed by atoms with Crippen LogP contribution in [0.15, 0.2) is 15.9 Å². The highest BCUT2D eigenvalue weighted by Gasteiger charge is 2.50. The standard InChI is InChI=1S/C22H30N6O6/c1-21(33)11-34-22(6-8-27(9-7-22)18(30)13-4-5-15(29)24-13)10-14(21)28-12-23-17-16(28)19(31)26(3)20(32)25(17)2/h12-14,33H,4-11H2,1-3H3,(H,24,29)/t13-,14-,21-/m0/s1. The maximum absolute atomic E-state index is 13.0. The van der Waals surface area contributed by atoms with Crippen molar-refractivity contribution in [3.63, 3.8) is 0 Å². The van der Waals surface area contributed by atoms with E-state index >= 15 is 0 Å². The number of likely N-dealkylation sites (tertiary alicyclic amines) is 1. The molecule has 2 aromatic heterocycles. The van der Waals surface area contributed by atoms with Crippen molar-refractivity contribution in [2.45, 2.75) is 62.3 Å². The van der Waals surface area contributed by atoms with Crippen LogP contribution in [0.3, 0.4) is 0 Å². The quantitative estimate of drug-likeness (QED) is 0.556. The molecule has 0 unspecified atom stereocenters. The van der Waals surface area contributed by atoms with Crippen molar-refractivity contribution in [2.24, 2.45) is 14.1 Å². The number of imidazole rings is 1. The van der Waals surface area contributed by atoms with Gasteiger partial charge in [0, 0.05) is 40.0 Å². The molecule has 5 heterocycles. The van der Waals surface area contributed by atoms with Crippen LogP contribution in [0, 0.1) is 0 Å². The van der Waals surface area contributed by atoms with Gasteiger partial charge in [-0.2, -0.15) is 0 Å². The first-order chi connectivity index (χ1) is 16.0. The van der Waals surface area contributed by atoms with Crippen LogP contribution in [-0.4, -0.2) is 77.4 Å². The van der Waals surface area contributed by atoms with Crippen molar-refractivity contribution >= 4 is 23.0 Å².